The first-order valence-corrected chi connectivity index (χ1v) is 5.48. The third-order valence-electron chi connectivity index (χ3n) is 2.61. The zero-order chi connectivity index (χ0) is 9.36. The Morgan fingerprint density at radius 2 is 1.92 bits per heavy atom. The van der Waals surface area contributed by atoms with Crippen LogP contribution in [0.5, 0.6) is 0 Å². The molecule has 0 spiro atoms. The van der Waals surface area contributed by atoms with Gasteiger partial charge in [-0.15, -0.1) is 0 Å². The number of hydrogen-bond donors (Lipinski definition) is 3. The van der Waals surface area contributed by atoms with Gasteiger partial charge in [-0.05, 0) is 51.7 Å². The molecular weight excluding hydrogens is 164 g/mol. The van der Waals surface area contributed by atoms with Gasteiger partial charge in [0.15, 0.2) is 0 Å². The third kappa shape index (κ3) is 5.24. The molecule has 3 nitrogen and oxygen atoms in total. The van der Waals surface area contributed by atoms with Crippen molar-refractivity contribution in [3.05, 3.63) is 0 Å². The van der Waals surface area contributed by atoms with Crippen molar-refractivity contribution in [2.45, 2.75) is 38.1 Å². The lowest BCUT2D eigenvalue weighted by atomic mass is 10.1. The van der Waals surface area contributed by atoms with E-state index in [1.165, 1.54) is 19.3 Å². The van der Waals surface area contributed by atoms with E-state index in [-0.39, 0.29) is 0 Å². The van der Waals surface area contributed by atoms with Gasteiger partial charge in [-0.2, -0.15) is 0 Å². The zero-order valence-electron chi connectivity index (χ0n) is 8.39. The summed E-state index contributed by atoms with van der Waals surface area (Å²) < 4.78 is 0. The summed E-state index contributed by atoms with van der Waals surface area (Å²) in [4.78, 5) is 0. The fraction of sp³-hybridized carbons (Fsp3) is 1.00. The highest BCUT2D eigenvalue weighted by atomic mass is 16.2. The van der Waals surface area contributed by atoms with E-state index in [0.717, 1.165) is 38.5 Å². The van der Waals surface area contributed by atoms with Crippen molar-refractivity contribution in [2.24, 2.45) is 0 Å². The molecule has 0 saturated carbocycles. The van der Waals surface area contributed by atoms with Gasteiger partial charge in [0.05, 0.1) is 0 Å². The molecular formula is C10H22N2O. The van der Waals surface area contributed by atoms with E-state index in [1.807, 2.05) is 0 Å². The topological polar surface area (TPSA) is 44.3 Å². The molecule has 3 N–H and O–H groups in total. The molecule has 0 aromatic rings. The number of rotatable bonds is 6. The summed E-state index contributed by atoms with van der Waals surface area (Å²) >= 11 is 0. The van der Waals surface area contributed by atoms with Gasteiger partial charge in [-0.25, -0.2) is 0 Å². The lowest BCUT2D eigenvalue weighted by Gasteiger charge is -2.23. The number of hydrogen-bond acceptors (Lipinski definition) is 3. The average molecular weight is 186 g/mol. The average Bonchev–Trinajstić information content (AvgIpc) is 2.19. The Bertz CT molecular complexity index is 113. The summed E-state index contributed by atoms with van der Waals surface area (Å²) in [6.07, 6.45) is 5.83. The largest absolute Gasteiger partial charge is 0.396 e. The van der Waals surface area contributed by atoms with Crippen molar-refractivity contribution < 1.29 is 5.11 Å². The standard InChI is InChI=1S/C10H22N2O/c13-9-3-1-2-6-12-10-4-7-11-8-5-10/h10-13H,1-9H2. The molecule has 1 fully saturated rings. The van der Waals surface area contributed by atoms with Crippen LogP contribution in [0.15, 0.2) is 0 Å². The van der Waals surface area contributed by atoms with Crippen LogP contribution in [-0.2, 0) is 0 Å². The molecule has 0 amide bonds. The zero-order valence-corrected chi connectivity index (χ0v) is 8.39. The maximum absolute atomic E-state index is 8.59. The van der Waals surface area contributed by atoms with E-state index in [4.69, 9.17) is 5.11 Å². The second-order valence-electron chi connectivity index (χ2n) is 3.76. The first-order chi connectivity index (χ1) is 6.43. The fourth-order valence-corrected chi connectivity index (χ4v) is 1.75. The second kappa shape index (κ2) is 7.30. The molecule has 0 aromatic heterocycles. The molecule has 0 aliphatic carbocycles. The summed E-state index contributed by atoms with van der Waals surface area (Å²) in [5.41, 5.74) is 0. The van der Waals surface area contributed by atoms with Crippen LogP contribution in [0.1, 0.15) is 32.1 Å². The van der Waals surface area contributed by atoms with Crippen LogP contribution in [0.25, 0.3) is 0 Å². The Balaban J connectivity index is 1.86. The van der Waals surface area contributed by atoms with E-state index < -0.39 is 0 Å². The molecule has 1 aliphatic heterocycles. The quantitative estimate of drug-likeness (QED) is 0.529. The molecule has 1 rings (SSSR count). The molecule has 0 aromatic carbocycles. The molecule has 0 atom stereocenters. The van der Waals surface area contributed by atoms with Crippen molar-refractivity contribution >= 4 is 0 Å². The number of nitrogens with one attached hydrogen (secondary N) is 2. The summed E-state index contributed by atoms with van der Waals surface area (Å²) in [5.74, 6) is 0. The molecule has 13 heavy (non-hydrogen) atoms. The van der Waals surface area contributed by atoms with Gasteiger partial charge in [-0.1, -0.05) is 0 Å². The van der Waals surface area contributed by atoms with Crippen LogP contribution in [0.4, 0.5) is 0 Å². The normalized spacial score (nSPS) is 19.2. The van der Waals surface area contributed by atoms with Crippen LogP contribution in [0, 0.1) is 0 Å². The lowest BCUT2D eigenvalue weighted by Crippen LogP contribution is -2.40. The first kappa shape index (κ1) is 11.0. The van der Waals surface area contributed by atoms with Gasteiger partial charge in [-0.3, -0.25) is 0 Å². The van der Waals surface area contributed by atoms with E-state index in [9.17, 15) is 0 Å². The monoisotopic (exact) mass is 186 g/mol. The molecule has 0 radical (unpaired) electrons. The van der Waals surface area contributed by atoms with Crippen molar-refractivity contribution in [3.63, 3.8) is 0 Å². The van der Waals surface area contributed by atoms with Crippen LogP contribution in [0.2, 0.25) is 0 Å². The minimum atomic E-state index is 0.341. The predicted molar refractivity (Wildman–Crippen MR) is 54.8 cm³/mol. The van der Waals surface area contributed by atoms with Gasteiger partial charge in [0.25, 0.3) is 0 Å². The van der Waals surface area contributed by atoms with Gasteiger partial charge in [0.1, 0.15) is 0 Å². The van der Waals surface area contributed by atoms with E-state index in [0.29, 0.717) is 6.61 Å². The number of aliphatic hydroxyl groups excluding tert-OH is 1. The van der Waals surface area contributed by atoms with Crippen LogP contribution >= 0.6 is 0 Å². The molecule has 3 heteroatoms. The van der Waals surface area contributed by atoms with Crippen molar-refractivity contribution in [1.82, 2.24) is 10.6 Å². The maximum atomic E-state index is 8.59. The Kier molecular flexibility index (Phi) is 6.15. The smallest absolute Gasteiger partial charge is 0.0431 e. The van der Waals surface area contributed by atoms with E-state index in [2.05, 4.69) is 10.6 Å². The molecule has 1 saturated heterocycles. The van der Waals surface area contributed by atoms with Crippen molar-refractivity contribution in [1.29, 1.82) is 0 Å². The molecule has 0 unspecified atom stereocenters. The van der Waals surface area contributed by atoms with Crippen molar-refractivity contribution in [2.75, 3.05) is 26.2 Å². The SMILES string of the molecule is OCCCCCNC1CCNCC1. The third-order valence-corrected chi connectivity index (χ3v) is 2.61. The first-order valence-electron chi connectivity index (χ1n) is 5.48. The highest BCUT2D eigenvalue weighted by molar-refractivity contribution is 4.73. The lowest BCUT2D eigenvalue weighted by molar-refractivity contribution is 0.281. The van der Waals surface area contributed by atoms with Crippen LogP contribution in [-0.4, -0.2) is 37.4 Å². The summed E-state index contributed by atoms with van der Waals surface area (Å²) in [6, 6.07) is 0.732. The molecule has 78 valence electrons. The summed E-state index contributed by atoms with van der Waals surface area (Å²) in [7, 11) is 0. The summed E-state index contributed by atoms with van der Waals surface area (Å²) in [6.45, 7) is 3.78. The van der Waals surface area contributed by atoms with Gasteiger partial charge in [0, 0.05) is 12.6 Å². The minimum Gasteiger partial charge on any atom is -0.396 e. The Hall–Kier alpha value is -0.120. The van der Waals surface area contributed by atoms with E-state index >= 15 is 0 Å². The van der Waals surface area contributed by atoms with Crippen LogP contribution in [0.3, 0.4) is 0 Å². The Morgan fingerprint density at radius 3 is 2.62 bits per heavy atom. The molecule has 1 heterocycles. The fourth-order valence-electron chi connectivity index (χ4n) is 1.75. The highest BCUT2D eigenvalue weighted by Crippen LogP contribution is 2.02. The van der Waals surface area contributed by atoms with Crippen molar-refractivity contribution in [3.8, 4) is 0 Å². The Morgan fingerprint density at radius 1 is 1.15 bits per heavy atom. The van der Waals surface area contributed by atoms with Gasteiger partial charge >= 0.3 is 0 Å². The van der Waals surface area contributed by atoms with Gasteiger partial charge in [0.2, 0.25) is 0 Å². The van der Waals surface area contributed by atoms with Crippen LogP contribution < -0.4 is 10.6 Å². The van der Waals surface area contributed by atoms with E-state index in [1.54, 1.807) is 0 Å². The highest BCUT2D eigenvalue weighted by Gasteiger charge is 2.10. The van der Waals surface area contributed by atoms with Gasteiger partial charge < -0.3 is 15.7 Å². The molecule has 0 bridgehead atoms. The Labute approximate surface area is 80.9 Å². The number of unbranched alkanes of at least 4 members (excludes halogenated alkanes) is 2. The predicted octanol–water partition coefficient (Wildman–Crippen LogP) is 0.491. The second-order valence-corrected chi connectivity index (χ2v) is 3.76. The number of aliphatic hydroxyl groups is 1. The maximum Gasteiger partial charge on any atom is 0.0431 e. The molecule has 1 aliphatic rings. The number of piperidine rings is 1. The summed E-state index contributed by atoms with van der Waals surface area (Å²) in [5, 5.41) is 15.5. The minimum absolute atomic E-state index is 0.341.